The van der Waals surface area contributed by atoms with Crippen LogP contribution in [0.25, 0.3) is 0 Å². The zero-order valence-corrected chi connectivity index (χ0v) is 15.0. The van der Waals surface area contributed by atoms with Gasteiger partial charge in [-0.2, -0.15) is 0 Å². The molecule has 0 N–H and O–H groups in total. The lowest BCUT2D eigenvalue weighted by molar-refractivity contribution is -0.167. The van der Waals surface area contributed by atoms with Gasteiger partial charge < -0.3 is 4.84 Å². The monoisotopic (exact) mass is 361 g/mol. The number of fused-ring (bicyclic) bond motifs is 3. The molecular formula is C19H24BrNO. The molecule has 1 aliphatic heterocycles. The molecule has 0 saturated heterocycles. The first-order valence-electron chi connectivity index (χ1n) is 8.44. The van der Waals surface area contributed by atoms with E-state index in [9.17, 15) is 0 Å². The molecule has 2 fully saturated rings. The van der Waals surface area contributed by atoms with Crippen LogP contribution in [0.3, 0.4) is 0 Å². The summed E-state index contributed by atoms with van der Waals surface area (Å²) in [7, 11) is 0. The van der Waals surface area contributed by atoms with Gasteiger partial charge in [-0.25, -0.2) is 0 Å². The number of hydrogen-bond donors (Lipinski definition) is 0. The fourth-order valence-corrected chi connectivity index (χ4v) is 5.82. The fraction of sp³-hybridized carbons (Fsp3) is 0.632. The molecular weight excluding hydrogens is 338 g/mol. The smallest absolute Gasteiger partial charge is 0.146 e. The fourth-order valence-electron chi connectivity index (χ4n) is 5.33. The summed E-state index contributed by atoms with van der Waals surface area (Å²) in [5.74, 6) is 1.86. The van der Waals surface area contributed by atoms with E-state index >= 15 is 0 Å². The largest absolute Gasteiger partial charge is 0.388 e. The lowest BCUT2D eigenvalue weighted by Gasteiger charge is -2.51. The molecule has 4 rings (SSSR count). The molecule has 4 atom stereocenters. The van der Waals surface area contributed by atoms with Crippen LogP contribution in [0.15, 0.2) is 35.5 Å². The Morgan fingerprint density at radius 3 is 2.55 bits per heavy atom. The molecule has 2 aliphatic carbocycles. The van der Waals surface area contributed by atoms with E-state index in [1.54, 1.807) is 0 Å². The minimum absolute atomic E-state index is 0.0674. The quantitative estimate of drug-likeness (QED) is 0.668. The Bertz CT molecular complexity index is 597. The maximum atomic E-state index is 6.29. The second-order valence-corrected chi connectivity index (χ2v) is 8.35. The molecule has 3 aliphatic rings. The van der Waals surface area contributed by atoms with Crippen LogP contribution in [0.4, 0.5) is 0 Å². The van der Waals surface area contributed by atoms with Gasteiger partial charge in [0.15, 0.2) is 0 Å². The molecule has 2 nitrogen and oxygen atoms in total. The van der Waals surface area contributed by atoms with Crippen molar-refractivity contribution in [1.29, 1.82) is 0 Å². The molecule has 22 heavy (non-hydrogen) atoms. The summed E-state index contributed by atoms with van der Waals surface area (Å²) in [6.45, 7) is 4.82. The van der Waals surface area contributed by atoms with Crippen molar-refractivity contribution in [2.75, 3.05) is 5.33 Å². The van der Waals surface area contributed by atoms with Crippen molar-refractivity contribution in [3.05, 3.63) is 35.9 Å². The van der Waals surface area contributed by atoms with Crippen LogP contribution in [0.5, 0.6) is 0 Å². The predicted octanol–water partition coefficient (Wildman–Crippen LogP) is 5.14. The lowest BCUT2D eigenvalue weighted by Crippen LogP contribution is -2.54. The van der Waals surface area contributed by atoms with Gasteiger partial charge in [0.05, 0.1) is 5.71 Å². The van der Waals surface area contributed by atoms with Crippen LogP contribution < -0.4 is 0 Å². The first kappa shape index (κ1) is 14.7. The van der Waals surface area contributed by atoms with Gasteiger partial charge in [-0.15, -0.1) is 0 Å². The molecule has 3 heteroatoms. The van der Waals surface area contributed by atoms with E-state index in [4.69, 9.17) is 4.84 Å². The molecule has 118 valence electrons. The molecule has 1 aromatic carbocycles. The van der Waals surface area contributed by atoms with Gasteiger partial charge in [0.25, 0.3) is 0 Å². The maximum absolute atomic E-state index is 6.29. The highest BCUT2D eigenvalue weighted by Gasteiger charge is 2.66. The minimum Gasteiger partial charge on any atom is -0.388 e. The third kappa shape index (κ3) is 1.87. The minimum atomic E-state index is -0.0674. The van der Waals surface area contributed by atoms with E-state index in [2.05, 4.69) is 65.3 Å². The summed E-state index contributed by atoms with van der Waals surface area (Å²) in [6, 6.07) is 10.8. The second kappa shape index (κ2) is 5.09. The molecule has 1 heterocycles. The Balaban J connectivity index is 1.75. The van der Waals surface area contributed by atoms with Gasteiger partial charge in [0.2, 0.25) is 0 Å². The van der Waals surface area contributed by atoms with Gasteiger partial charge >= 0.3 is 0 Å². The standard InChI is InChI=1S/C19H24BrNO/c1-18(2)14-8-9-15(10-14)19(18)11-16(17(12-20)21-22-19)13-6-4-3-5-7-13/h3-7,14-16H,8-12H2,1-2H3/t14-,15+,16-,19-/m0/s1. The zero-order valence-electron chi connectivity index (χ0n) is 13.4. The topological polar surface area (TPSA) is 21.6 Å². The molecule has 1 spiro atoms. The van der Waals surface area contributed by atoms with Crippen molar-refractivity contribution in [1.82, 2.24) is 0 Å². The predicted molar refractivity (Wildman–Crippen MR) is 93.5 cm³/mol. The van der Waals surface area contributed by atoms with Crippen molar-refractivity contribution in [2.24, 2.45) is 22.4 Å². The summed E-state index contributed by atoms with van der Waals surface area (Å²) >= 11 is 3.60. The molecule has 0 radical (unpaired) electrons. The van der Waals surface area contributed by atoms with Gasteiger partial charge in [0.1, 0.15) is 5.60 Å². The molecule has 2 bridgehead atoms. The van der Waals surface area contributed by atoms with E-state index in [1.807, 2.05) is 0 Å². The summed E-state index contributed by atoms with van der Waals surface area (Å²) < 4.78 is 0. The third-order valence-electron chi connectivity index (χ3n) is 6.78. The normalized spacial score (nSPS) is 38.9. The SMILES string of the molecule is CC1(C)[C@H]2CC[C@H](C2)[C@@]12C[C@@H](c1ccccc1)C(CBr)=NO2. The zero-order chi connectivity index (χ0) is 15.4. The first-order valence-corrected chi connectivity index (χ1v) is 9.56. The number of alkyl halides is 1. The Morgan fingerprint density at radius 1 is 1.18 bits per heavy atom. The Kier molecular flexibility index (Phi) is 3.41. The molecule has 0 amide bonds. The molecule has 1 aromatic rings. The number of rotatable bonds is 2. The molecule has 0 unspecified atom stereocenters. The summed E-state index contributed by atoms with van der Waals surface area (Å²) in [5.41, 5.74) is 2.67. The van der Waals surface area contributed by atoms with Crippen molar-refractivity contribution in [3.8, 4) is 0 Å². The summed E-state index contributed by atoms with van der Waals surface area (Å²) in [5, 5.41) is 5.41. The third-order valence-corrected chi connectivity index (χ3v) is 7.35. The van der Waals surface area contributed by atoms with Crippen molar-refractivity contribution in [2.45, 2.75) is 51.0 Å². The molecule has 0 aromatic heterocycles. The average molecular weight is 362 g/mol. The van der Waals surface area contributed by atoms with Crippen molar-refractivity contribution in [3.63, 3.8) is 0 Å². The van der Waals surface area contributed by atoms with E-state index in [0.717, 1.165) is 23.4 Å². The number of hydrogen-bond acceptors (Lipinski definition) is 2. The van der Waals surface area contributed by atoms with E-state index in [0.29, 0.717) is 11.8 Å². The Morgan fingerprint density at radius 2 is 1.91 bits per heavy atom. The van der Waals surface area contributed by atoms with Gasteiger partial charge in [0, 0.05) is 29.0 Å². The summed E-state index contributed by atoms with van der Waals surface area (Å²) in [4.78, 5) is 6.29. The highest BCUT2D eigenvalue weighted by molar-refractivity contribution is 9.09. The van der Waals surface area contributed by atoms with Crippen LogP contribution in [0.2, 0.25) is 0 Å². The Labute approximate surface area is 141 Å². The van der Waals surface area contributed by atoms with Crippen LogP contribution in [0.1, 0.15) is 51.0 Å². The first-order chi connectivity index (χ1) is 10.6. The maximum Gasteiger partial charge on any atom is 0.146 e. The van der Waals surface area contributed by atoms with Crippen molar-refractivity contribution < 1.29 is 4.84 Å². The van der Waals surface area contributed by atoms with Crippen molar-refractivity contribution >= 4 is 21.6 Å². The van der Waals surface area contributed by atoms with Gasteiger partial charge in [-0.1, -0.05) is 65.3 Å². The summed E-state index contributed by atoms with van der Waals surface area (Å²) in [6.07, 6.45) is 5.09. The number of benzene rings is 1. The van der Waals surface area contributed by atoms with E-state index in [1.165, 1.54) is 24.8 Å². The second-order valence-electron chi connectivity index (χ2n) is 7.79. The molecule has 2 saturated carbocycles. The lowest BCUT2D eigenvalue weighted by atomic mass is 9.61. The average Bonchev–Trinajstić information content (AvgIpc) is 3.11. The van der Waals surface area contributed by atoms with Gasteiger partial charge in [-0.05, 0) is 30.7 Å². The van der Waals surface area contributed by atoms with Crippen LogP contribution in [-0.4, -0.2) is 16.6 Å². The number of nitrogens with zero attached hydrogens (tertiary/aromatic N) is 1. The number of halogens is 1. The van der Waals surface area contributed by atoms with Crippen LogP contribution in [0, 0.1) is 17.3 Å². The van der Waals surface area contributed by atoms with Crippen LogP contribution in [-0.2, 0) is 4.84 Å². The van der Waals surface area contributed by atoms with Crippen LogP contribution >= 0.6 is 15.9 Å². The highest BCUT2D eigenvalue weighted by Crippen LogP contribution is 2.66. The Hall–Kier alpha value is -0.830. The van der Waals surface area contributed by atoms with E-state index < -0.39 is 0 Å². The van der Waals surface area contributed by atoms with E-state index in [-0.39, 0.29) is 11.0 Å². The highest BCUT2D eigenvalue weighted by atomic mass is 79.9. The number of oxime groups is 1. The van der Waals surface area contributed by atoms with Gasteiger partial charge in [-0.3, -0.25) is 0 Å².